The summed E-state index contributed by atoms with van der Waals surface area (Å²) in [7, 11) is -2.90. The van der Waals surface area contributed by atoms with E-state index in [4.69, 9.17) is 13.9 Å². The highest BCUT2D eigenvalue weighted by molar-refractivity contribution is 6.99. The molecule has 0 spiro atoms. The molecule has 230 valence electrons. The zero-order valence-electron chi connectivity index (χ0n) is 25.4. The fourth-order valence-corrected chi connectivity index (χ4v) is 10.4. The Morgan fingerprint density at radius 2 is 1.52 bits per heavy atom. The number of anilines is 1. The van der Waals surface area contributed by atoms with Gasteiger partial charge in [0.2, 0.25) is 0 Å². The number of amides is 1. The lowest BCUT2D eigenvalue weighted by Crippen LogP contribution is -2.67. The van der Waals surface area contributed by atoms with E-state index < -0.39 is 38.5 Å². The van der Waals surface area contributed by atoms with Crippen LogP contribution in [-0.4, -0.2) is 60.4 Å². The number of carbonyl (C=O) groups is 1. The highest BCUT2D eigenvalue weighted by Gasteiger charge is 2.52. The maximum Gasteiger partial charge on any atom is 0.351 e. The standard InChI is InChI=1S/C34H39N3O6Si/c1-5-41-30-29(38)27(23-42-44(34(2,3)4,25-17-11-7-12-18-25)26-19-13-8-14-20-26)43-32(30)37-22-21-28(36-33(37)40)35-31(39)24-15-9-6-10-16-24/h6-22,27,29-30,32,38H,5,23H2,1-4H3,(H,35,36,39,40)/t27-,29-,30-,32-/m1/s1. The lowest BCUT2D eigenvalue weighted by molar-refractivity contribution is -0.0707. The molecule has 2 N–H and O–H groups in total. The molecule has 0 bridgehead atoms. The van der Waals surface area contributed by atoms with Gasteiger partial charge in [-0.2, -0.15) is 4.98 Å². The van der Waals surface area contributed by atoms with Crippen molar-refractivity contribution in [3.8, 4) is 0 Å². The molecular formula is C34H39N3O6Si. The summed E-state index contributed by atoms with van der Waals surface area (Å²) in [6, 6.07) is 30.6. The molecule has 1 saturated heterocycles. The van der Waals surface area contributed by atoms with Gasteiger partial charge in [-0.3, -0.25) is 9.36 Å². The lowest BCUT2D eigenvalue weighted by Gasteiger charge is -2.43. The molecule has 1 fully saturated rings. The number of rotatable bonds is 10. The van der Waals surface area contributed by atoms with Crippen molar-refractivity contribution < 1.29 is 23.8 Å². The van der Waals surface area contributed by atoms with E-state index in [2.05, 4.69) is 55.3 Å². The number of aliphatic hydroxyl groups is 1. The van der Waals surface area contributed by atoms with Gasteiger partial charge in [0.1, 0.15) is 24.1 Å². The Hall–Kier alpha value is -3.93. The zero-order valence-corrected chi connectivity index (χ0v) is 26.4. The number of hydrogen-bond donors (Lipinski definition) is 2. The summed E-state index contributed by atoms with van der Waals surface area (Å²) in [6.07, 6.45) is -2.14. The Bertz CT molecular complexity index is 1550. The van der Waals surface area contributed by atoms with Gasteiger partial charge in [0.05, 0.1) is 6.61 Å². The van der Waals surface area contributed by atoms with Gasteiger partial charge in [0.25, 0.3) is 14.2 Å². The maximum absolute atomic E-state index is 13.2. The molecule has 1 amide bonds. The van der Waals surface area contributed by atoms with Crippen molar-refractivity contribution in [2.45, 2.75) is 57.3 Å². The van der Waals surface area contributed by atoms with E-state index in [0.29, 0.717) is 12.2 Å². The second-order valence-electron chi connectivity index (χ2n) is 11.8. The predicted octanol–water partition coefficient (Wildman–Crippen LogP) is 3.74. The van der Waals surface area contributed by atoms with Crippen LogP contribution in [0.3, 0.4) is 0 Å². The van der Waals surface area contributed by atoms with Crippen LogP contribution in [0.1, 0.15) is 44.3 Å². The number of ether oxygens (including phenoxy) is 2. The number of aromatic nitrogens is 2. The number of nitrogens with one attached hydrogen (secondary N) is 1. The first-order valence-corrected chi connectivity index (χ1v) is 16.7. The van der Waals surface area contributed by atoms with Gasteiger partial charge < -0.3 is 24.3 Å². The Morgan fingerprint density at radius 1 is 0.955 bits per heavy atom. The van der Waals surface area contributed by atoms with E-state index in [0.717, 1.165) is 10.4 Å². The molecule has 2 heterocycles. The van der Waals surface area contributed by atoms with Crippen molar-refractivity contribution in [3.05, 3.63) is 119 Å². The zero-order chi connectivity index (χ0) is 31.3. The topological polar surface area (TPSA) is 112 Å². The van der Waals surface area contributed by atoms with Crippen molar-refractivity contribution in [2.24, 2.45) is 0 Å². The number of benzene rings is 3. The predicted molar refractivity (Wildman–Crippen MR) is 172 cm³/mol. The Kier molecular flexibility index (Phi) is 9.57. The first kappa shape index (κ1) is 31.5. The third kappa shape index (κ3) is 6.31. The van der Waals surface area contributed by atoms with E-state index in [1.54, 1.807) is 24.3 Å². The van der Waals surface area contributed by atoms with E-state index in [1.807, 2.05) is 49.4 Å². The molecular weight excluding hydrogens is 574 g/mol. The van der Waals surface area contributed by atoms with Crippen LogP contribution in [0.15, 0.2) is 108 Å². The summed E-state index contributed by atoms with van der Waals surface area (Å²) in [5.74, 6) is -0.270. The monoisotopic (exact) mass is 613 g/mol. The first-order chi connectivity index (χ1) is 21.2. The van der Waals surface area contributed by atoms with Crippen molar-refractivity contribution in [1.82, 2.24) is 9.55 Å². The first-order valence-electron chi connectivity index (χ1n) is 14.8. The fourth-order valence-electron chi connectivity index (χ4n) is 5.88. The smallest absolute Gasteiger partial charge is 0.351 e. The fraction of sp³-hybridized carbons (Fsp3) is 0.324. The molecule has 44 heavy (non-hydrogen) atoms. The van der Waals surface area contributed by atoms with E-state index >= 15 is 0 Å². The molecule has 0 saturated carbocycles. The summed E-state index contributed by atoms with van der Waals surface area (Å²) in [5.41, 5.74) is -0.202. The SMILES string of the molecule is CCO[C@@H]1[C@H](O)[C@@H](CO[Si](c2ccccc2)(c2ccccc2)C(C)(C)C)O[C@H]1n1ccc(NC(=O)c2ccccc2)nc1=O. The van der Waals surface area contributed by atoms with Crippen molar-refractivity contribution in [2.75, 3.05) is 18.5 Å². The van der Waals surface area contributed by atoms with Gasteiger partial charge in [-0.05, 0) is 40.5 Å². The molecule has 9 nitrogen and oxygen atoms in total. The van der Waals surface area contributed by atoms with E-state index in [-0.39, 0.29) is 23.4 Å². The highest BCUT2D eigenvalue weighted by Crippen LogP contribution is 2.38. The number of carbonyl (C=O) groups excluding carboxylic acids is 1. The third-order valence-corrected chi connectivity index (χ3v) is 12.9. The Morgan fingerprint density at radius 3 is 2.05 bits per heavy atom. The maximum atomic E-state index is 13.2. The summed E-state index contributed by atoms with van der Waals surface area (Å²) in [5, 5.41) is 16.0. The summed E-state index contributed by atoms with van der Waals surface area (Å²) in [6.45, 7) is 8.75. The molecule has 0 aliphatic carbocycles. The molecule has 5 rings (SSSR count). The van der Waals surface area contributed by atoms with Gasteiger partial charge in [0.15, 0.2) is 6.23 Å². The molecule has 0 unspecified atom stereocenters. The second kappa shape index (κ2) is 13.4. The van der Waals surface area contributed by atoms with Crippen molar-refractivity contribution >= 4 is 30.4 Å². The normalized spacial score (nSPS) is 20.4. The number of hydrogen-bond acceptors (Lipinski definition) is 7. The summed E-state index contributed by atoms with van der Waals surface area (Å²) in [4.78, 5) is 29.8. The molecule has 4 aromatic rings. The van der Waals surface area contributed by atoms with Gasteiger partial charge in [-0.25, -0.2) is 4.79 Å². The average molecular weight is 614 g/mol. The van der Waals surface area contributed by atoms with Gasteiger partial charge in [-0.1, -0.05) is 99.6 Å². The molecule has 4 atom stereocenters. The number of aliphatic hydroxyl groups excluding tert-OH is 1. The molecule has 0 radical (unpaired) electrons. The molecule has 1 aromatic heterocycles. The largest absolute Gasteiger partial charge is 0.405 e. The van der Waals surface area contributed by atoms with Crippen molar-refractivity contribution in [1.29, 1.82) is 0 Å². The van der Waals surface area contributed by atoms with Gasteiger partial charge >= 0.3 is 5.69 Å². The van der Waals surface area contributed by atoms with Crippen LogP contribution in [0.4, 0.5) is 5.82 Å². The molecule has 1 aliphatic rings. The quantitative estimate of drug-likeness (QED) is 0.262. The summed E-state index contributed by atoms with van der Waals surface area (Å²) < 4.78 is 20.5. The number of nitrogens with zero attached hydrogens (tertiary/aromatic N) is 2. The molecule has 1 aliphatic heterocycles. The van der Waals surface area contributed by atoms with Gasteiger partial charge in [0, 0.05) is 18.4 Å². The van der Waals surface area contributed by atoms with Crippen LogP contribution in [0.25, 0.3) is 0 Å². The molecule has 10 heteroatoms. The minimum absolute atomic E-state index is 0.0852. The highest BCUT2D eigenvalue weighted by atomic mass is 28.4. The summed E-state index contributed by atoms with van der Waals surface area (Å²) >= 11 is 0. The van der Waals surface area contributed by atoms with Crippen molar-refractivity contribution in [3.63, 3.8) is 0 Å². The van der Waals surface area contributed by atoms with E-state index in [9.17, 15) is 14.7 Å². The Balaban J connectivity index is 1.41. The second-order valence-corrected chi connectivity index (χ2v) is 16.1. The lowest BCUT2D eigenvalue weighted by atomic mass is 10.1. The van der Waals surface area contributed by atoms with Crippen LogP contribution >= 0.6 is 0 Å². The average Bonchev–Trinajstić information content (AvgIpc) is 3.33. The van der Waals surface area contributed by atoms with Crippen LogP contribution < -0.4 is 21.4 Å². The van der Waals surface area contributed by atoms with Crippen LogP contribution in [0.2, 0.25) is 5.04 Å². The van der Waals surface area contributed by atoms with Crippen LogP contribution in [0, 0.1) is 0 Å². The van der Waals surface area contributed by atoms with Crippen LogP contribution in [0.5, 0.6) is 0 Å². The minimum atomic E-state index is -2.90. The minimum Gasteiger partial charge on any atom is -0.405 e. The van der Waals surface area contributed by atoms with E-state index in [1.165, 1.54) is 16.8 Å². The third-order valence-electron chi connectivity index (χ3n) is 7.93. The Labute approximate surface area is 258 Å². The van der Waals surface area contributed by atoms with Gasteiger partial charge in [-0.15, -0.1) is 0 Å². The molecule has 3 aromatic carbocycles. The van der Waals surface area contributed by atoms with Crippen LogP contribution in [-0.2, 0) is 13.9 Å².